The number of benzene rings is 1. The van der Waals surface area contributed by atoms with Crippen molar-refractivity contribution < 1.29 is 13.5 Å². The zero-order valence-electron chi connectivity index (χ0n) is 7.58. The Hall–Kier alpha value is 0.710. The van der Waals surface area contributed by atoms with Crippen molar-refractivity contribution in [2.24, 2.45) is 0 Å². The van der Waals surface area contributed by atoms with Crippen molar-refractivity contribution in [2.75, 3.05) is 7.11 Å². The SMILES string of the molecule is COc1c(Cl)cc(Cl)cc1S(=O)O.[Na]. The van der Waals surface area contributed by atoms with Gasteiger partial charge in [0.05, 0.1) is 12.1 Å². The predicted octanol–water partition coefficient (Wildman–Crippen LogP) is 2.20. The van der Waals surface area contributed by atoms with E-state index in [1.54, 1.807) is 0 Å². The number of ether oxygens (including phenoxy) is 1. The molecule has 0 bridgehead atoms. The van der Waals surface area contributed by atoms with Gasteiger partial charge in [0.2, 0.25) is 0 Å². The Labute approximate surface area is 116 Å². The second-order valence-electron chi connectivity index (χ2n) is 2.17. The summed E-state index contributed by atoms with van der Waals surface area (Å²) in [5.74, 6) is 0.173. The Morgan fingerprint density at radius 2 is 2.00 bits per heavy atom. The zero-order valence-corrected chi connectivity index (χ0v) is 11.9. The van der Waals surface area contributed by atoms with E-state index in [4.69, 9.17) is 32.5 Å². The van der Waals surface area contributed by atoms with E-state index in [0.717, 1.165) is 0 Å². The Morgan fingerprint density at radius 3 is 2.43 bits per heavy atom. The molecule has 0 saturated carbocycles. The first-order chi connectivity index (χ1) is 6.06. The van der Waals surface area contributed by atoms with Crippen molar-refractivity contribution >= 4 is 63.8 Å². The van der Waals surface area contributed by atoms with E-state index in [2.05, 4.69) is 0 Å². The number of halogens is 2. The van der Waals surface area contributed by atoms with Crippen molar-refractivity contribution in [2.45, 2.75) is 4.90 Å². The van der Waals surface area contributed by atoms with Gasteiger partial charge in [-0.1, -0.05) is 23.2 Å². The Morgan fingerprint density at radius 1 is 1.43 bits per heavy atom. The number of rotatable bonds is 2. The van der Waals surface area contributed by atoms with Crippen LogP contribution < -0.4 is 4.74 Å². The van der Waals surface area contributed by atoms with Crippen LogP contribution >= 0.6 is 23.2 Å². The van der Waals surface area contributed by atoms with E-state index in [1.165, 1.54) is 19.2 Å². The Bertz CT molecular complexity index is 359. The summed E-state index contributed by atoms with van der Waals surface area (Å²) in [6.45, 7) is 0. The minimum absolute atomic E-state index is 0. The van der Waals surface area contributed by atoms with Crippen LogP contribution in [0.4, 0.5) is 0 Å². The van der Waals surface area contributed by atoms with Gasteiger partial charge in [-0.15, -0.1) is 0 Å². The van der Waals surface area contributed by atoms with Gasteiger partial charge in [-0.3, -0.25) is 0 Å². The number of hydrogen-bond donors (Lipinski definition) is 1. The van der Waals surface area contributed by atoms with Crippen molar-refractivity contribution in [3.05, 3.63) is 22.2 Å². The molecule has 0 aliphatic rings. The third-order valence-corrected chi connectivity index (χ3v) is 2.55. The quantitative estimate of drug-likeness (QED) is 0.658. The van der Waals surface area contributed by atoms with Crippen molar-refractivity contribution in [1.29, 1.82) is 0 Å². The standard InChI is InChI=1S/C7H6Cl2O3S.Na/c1-12-7-5(9)2-4(8)3-6(7)13(10)11;/h2-3H,1H3,(H,10,11);. The molecule has 3 nitrogen and oxygen atoms in total. The van der Waals surface area contributed by atoms with Crippen molar-refractivity contribution in [1.82, 2.24) is 0 Å². The first-order valence-corrected chi connectivity index (χ1v) is 5.06. The molecule has 0 aliphatic carbocycles. The molecule has 1 atom stereocenters. The molecule has 0 heterocycles. The fraction of sp³-hybridized carbons (Fsp3) is 0.143. The van der Waals surface area contributed by atoms with Crippen molar-refractivity contribution in [3.8, 4) is 5.75 Å². The molecule has 1 N–H and O–H groups in total. The molecule has 1 aromatic carbocycles. The maximum absolute atomic E-state index is 10.8. The van der Waals surface area contributed by atoms with Gasteiger partial charge in [0.1, 0.15) is 4.90 Å². The third kappa shape index (κ3) is 3.38. The third-order valence-electron chi connectivity index (χ3n) is 1.37. The molecule has 0 fully saturated rings. The predicted molar refractivity (Wildman–Crippen MR) is 57.8 cm³/mol. The fourth-order valence-corrected chi connectivity index (χ4v) is 2.14. The first kappa shape index (κ1) is 14.7. The van der Waals surface area contributed by atoms with Crippen LogP contribution in [-0.4, -0.2) is 45.4 Å². The van der Waals surface area contributed by atoms with Crippen LogP contribution in [0.5, 0.6) is 5.75 Å². The molecule has 0 spiro atoms. The molecule has 1 radical (unpaired) electrons. The summed E-state index contributed by atoms with van der Waals surface area (Å²) in [5.41, 5.74) is 0. The maximum atomic E-state index is 10.8. The normalized spacial score (nSPS) is 11.7. The summed E-state index contributed by atoms with van der Waals surface area (Å²) in [7, 11) is 1.37. The molecular formula is C7H6Cl2NaO3S. The molecule has 73 valence electrons. The zero-order chi connectivity index (χ0) is 10.0. The number of methoxy groups -OCH3 is 1. The van der Waals surface area contributed by atoms with E-state index in [1.807, 2.05) is 0 Å². The van der Waals surface area contributed by atoms with Gasteiger partial charge >= 0.3 is 0 Å². The Balaban J connectivity index is 0.00000169. The van der Waals surface area contributed by atoms with Gasteiger partial charge < -0.3 is 9.29 Å². The molecule has 7 heteroatoms. The topological polar surface area (TPSA) is 46.5 Å². The monoisotopic (exact) mass is 263 g/mol. The molecule has 0 aliphatic heterocycles. The molecule has 0 saturated heterocycles. The van der Waals surface area contributed by atoms with Crippen LogP contribution in [-0.2, 0) is 11.1 Å². The smallest absolute Gasteiger partial charge is 0.190 e. The second-order valence-corrected chi connectivity index (χ2v) is 3.95. The van der Waals surface area contributed by atoms with Crippen molar-refractivity contribution in [3.63, 3.8) is 0 Å². The Kier molecular flexibility index (Phi) is 6.65. The summed E-state index contributed by atoms with van der Waals surface area (Å²) < 4.78 is 24.5. The minimum Gasteiger partial charge on any atom is -0.494 e. The van der Waals surface area contributed by atoms with E-state index < -0.39 is 11.1 Å². The number of hydrogen-bond acceptors (Lipinski definition) is 2. The van der Waals surface area contributed by atoms with Crippen LogP contribution in [0.1, 0.15) is 0 Å². The average Bonchev–Trinajstić information content (AvgIpc) is 2.02. The summed E-state index contributed by atoms with van der Waals surface area (Å²) in [4.78, 5) is 0.0694. The second kappa shape index (κ2) is 6.33. The maximum Gasteiger partial charge on any atom is 0.190 e. The van der Waals surface area contributed by atoms with Gasteiger partial charge in [-0.2, -0.15) is 0 Å². The molecule has 1 rings (SSSR count). The molecule has 0 aromatic heterocycles. The molecule has 1 aromatic rings. The largest absolute Gasteiger partial charge is 0.494 e. The fourth-order valence-electron chi connectivity index (χ4n) is 0.865. The molecular weight excluding hydrogens is 258 g/mol. The minimum atomic E-state index is -2.15. The van der Waals surface area contributed by atoms with Crippen LogP contribution in [0, 0.1) is 0 Å². The van der Waals surface area contributed by atoms with Gasteiger partial charge in [-0.25, -0.2) is 4.21 Å². The average molecular weight is 264 g/mol. The van der Waals surface area contributed by atoms with E-state index in [-0.39, 0.29) is 45.2 Å². The summed E-state index contributed by atoms with van der Waals surface area (Å²) in [6.07, 6.45) is 0. The van der Waals surface area contributed by atoms with Crippen LogP contribution in [0.25, 0.3) is 0 Å². The van der Waals surface area contributed by atoms with Crippen LogP contribution in [0.2, 0.25) is 10.0 Å². The summed E-state index contributed by atoms with van der Waals surface area (Å²) in [6, 6.07) is 2.78. The van der Waals surface area contributed by atoms with Gasteiger partial charge in [-0.05, 0) is 12.1 Å². The first-order valence-electron chi connectivity index (χ1n) is 3.20. The van der Waals surface area contributed by atoms with Gasteiger partial charge in [0.25, 0.3) is 0 Å². The molecule has 14 heavy (non-hydrogen) atoms. The van der Waals surface area contributed by atoms with E-state index >= 15 is 0 Å². The van der Waals surface area contributed by atoms with Crippen LogP contribution in [0.3, 0.4) is 0 Å². The summed E-state index contributed by atoms with van der Waals surface area (Å²) in [5, 5.41) is 0.510. The van der Waals surface area contributed by atoms with E-state index in [9.17, 15) is 4.21 Å². The van der Waals surface area contributed by atoms with Crippen LogP contribution in [0.15, 0.2) is 17.0 Å². The summed E-state index contributed by atoms with van der Waals surface area (Å²) >= 11 is 9.21. The van der Waals surface area contributed by atoms with E-state index in [0.29, 0.717) is 5.02 Å². The molecule has 1 unspecified atom stereocenters. The molecule has 0 amide bonds. The van der Waals surface area contributed by atoms with Gasteiger partial charge in [0.15, 0.2) is 16.8 Å². The van der Waals surface area contributed by atoms with Gasteiger partial charge in [0, 0.05) is 34.6 Å².